The summed E-state index contributed by atoms with van der Waals surface area (Å²) in [5, 5.41) is 3.61. The Bertz CT molecular complexity index is 230. The van der Waals surface area contributed by atoms with Crippen molar-refractivity contribution in [1.29, 1.82) is 0 Å². The predicted molar refractivity (Wildman–Crippen MR) is 74.3 cm³/mol. The number of piperidine rings is 2. The van der Waals surface area contributed by atoms with Gasteiger partial charge in [0.2, 0.25) is 0 Å². The van der Waals surface area contributed by atoms with Crippen molar-refractivity contribution in [3.63, 3.8) is 0 Å². The van der Waals surface area contributed by atoms with E-state index in [1.165, 1.54) is 64.8 Å². The highest BCUT2D eigenvalue weighted by molar-refractivity contribution is 4.91. The molecule has 0 aromatic heterocycles. The van der Waals surface area contributed by atoms with E-state index < -0.39 is 0 Å². The van der Waals surface area contributed by atoms with Crippen LogP contribution in [0.5, 0.6) is 0 Å². The summed E-state index contributed by atoms with van der Waals surface area (Å²) in [5.74, 6) is 0. The van der Waals surface area contributed by atoms with Crippen LogP contribution in [0.25, 0.3) is 0 Å². The summed E-state index contributed by atoms with van der Waals surface area (Å²) in [5.41, 5.74) is 1.10. The van der Waals surface area contributed by atoms with E-state index in [-0.39, 0.29) is 0 Å². The van der Waals surface area contributed by atoms with Gasteiger partial charge >= 0.3 is 0 Å². The summed E-state index contributed by atoms with van der Waals surface area (Å²) in [7, 11) is 0. The smallest absolute Gasteiger partial charge is 0.00502 e. The van der Waals surface area contributed by atoms with E-state index >= 15 is 0 Å². The monoisotopic (exact) mass is 238 g/mol. The first-order chi connectivity index (χ1) is 7.99. The molecule has 0 amide bonds. The molecule has 0 aromatic rings. The van der Waals surface area contributed by atoms with Gasteiger partial charge in [0.25, 0.3) is 0 Å². The molecule has 1 N–H and O–H groups in total. The highest BCUT2D eigenvalue weighted by Gasteiger charge is 2.36. The summed E-state index contributed by atoms with van der Waals surface area (Å²) < 4.78 is 0. The molecule has 0 saturated carbocycles. The molecule has 17 heavy (non-hydrogen) atoms. The van der Waals surface area contributed by atoms with Crippen molar-refractivity contribution >= 4 is 0 Å². The lowest BCUT2D eigenvalue weighted by Crippen LogP contribution is -2.51. The molecular formula is C15H30N2. The number of nitrogens with one attached hydrogen (secondary N) is 1. The summed E-state index contributed by atoms with van der Waals surface area (Å²) in [6, 6.07) is 0. The highest BCUT2D eigenvalue weighted by Crippen LogP contribution is 2.36. The molecule has 2 rings (SSSR count). The summed E-state index contributed by atoms with van der Waals surface area (Å²) >= 11 is 0. The zero-order chi connectivity index (χ0) is 12.4. The van der Waals surface area contributed by atoms with Crippen LogP contribution in [0.2, 0.25) is 0 Å². The first-order valence-corrected chi connectivity index (χ1v) is 7.42. The van der Waals surface area contributed by atoms with Crippen molar-refractivity contribution < 1.29 is 0 Å². The van der Waals surface area contributed by atoms with Gasteiger partial charge in [0.05, 0.1) is 0 Å². The van der Waals surface area contributed by atoms with Crippen molar-refractivity contribution in [2.45, 2.75) is 52.9 Å². The molecule has 2 heterocycles. The largest absolute Gasteiger partial charge is 0.316 e. The van der Waals surface area contributed by atoms with Crippen molar-refractivity contribution in [1.82, 2.24) is 10.2 Å². The lowest BCUT2D eigenvalue weighted by molar-refractivity contribution is 0.0582. The predicted octanol–water partition coefficient (Wildman–Crippen LogP) is 2.89. The second-order valence-corrected chi connectivity index (χ2v) is 7.47. The third-order valence-electron chi connectivity index (χ3n) is 4.48. The molecule has 0 aromatic carbocycles. The molecule has 0 bridgehead atoms. The van der Waals surface area contributed by atoms with Gasteiger partial charge in [-0.3, -0.25) is 0 Å². The SMILES string of the molecule is CC(C)(C)CCN1CCCC2(CCCNC2)C1. The molecular weight excluding hydrogens is 208 g/mol. The fourth-order valence-corrected chi connectivity index (χ4v) is 3.37. The topological polar surface area (TPSA) is 15.3 Å². The van der Waals surface area contributed by atoms with Crippen molar-refractivity contribution in [2.24, 2.45) is 10.8 Å². The maximum atomic E-state index is 3.61. The van der Waals surface area contributed by atoms with Crippen molar-refractivity contribution in [3.8, 4) is 0 Å². The normalized spacial score (nSPS) is 31.9. The Balaban J connectivity index is 1.84. The third kappa shape index (κ3) is 3.96. The van der Waals surface area contributed by atoms with Crippen molar-refractivity contribution in [3.05, 3.63) is 0 Å². The maximum absolute atomic E-state index is 3.61. The molecule has 2 aliphatic rings. The van der Waals surface area contributed by atoms with E-state index in [9.17, 15) is 0 Å². The molecule has 1 unspecified atom stereocenters. The zero-order valence-electron chi connectivity index (χ0n) is 12.0. The molecule has 2 fully saturated rings. The number of hydrogen-bond acceptors (Lipinski definition) is 2. The van der Waals surface area contributed by atoms with Crippen LogP contribution in [0.15, 0.2) is 0 Å². The van der Waals surface area contributed by atoms with E-state index in [0.717, 1.165) is 0 Å². The average Bonchev–Trinajstić information content (AvgIpc) is 2.27. The maximum Gasteiger partial charge on any atom is 0.00502 e. The lowest BCUT2D eigenvalue weighted by Gasteiger charge is -2.46. The fourth-order valence-electron chi connectivity index (χ4n) is 3.37. The Morgan fingerprint density at radius 1 is 1.18 bits per heavy atom. The number of nitrogens with zero attached hydrogens (tertiary/aromatic N) is 1. The van der Waals surface area contributed by atoms with Crippen LogP contribution in [0.4, 0.5) is 0 Å². The quantitative estimate of drug-likeness (QED) is 0.796. The molecule has 1 spiro atoms. The molecule has 0 aliphatic carbocycles. The Labute approximate surface area is 107 Å². The van der Waals surface area contributed by atoms with Gasteiger partial charge in [-0.1, -0.05) is 20.8 Å². The molecule has 100 valence electrons. The standard InChI is InChI=1S/C15H30N2/c1-14(2,3)8-11-17-10-5-7-15(13-17)6-4-9-16-12-15/h16H,4-13H2,1-3H3. The van der Waals surface area contributed by atoms with Gasteiger partial charge in [-0.25, -0.2) is 0 Å². The van der Waals surface area contributed by atoms with Gasteiger partial charge in [-0.05, 0) is 62.6 Å². The van der Waals surface area contributed by atoms with Crippen LogP contribution < -0.4 is 5.32 Å². The van der Waals surface area contributed by atoms with Crippen LogP contribution >= 0.6 is 0 Å². The molecule has 2 heteroatoms. The fraction of sp³-hybridized carbons (Fsp3) is 1.00. The van der Waals surface area contributed by atoms with Crippen LogP contribution in [0, 0.1) is 10.8 Å². The third-order valence-corrected chi connectivity index (χ3v) is 4.48. The van der Waals surface area contributed by atoms with Crippen LogP contribution in [-0.4, -0.2) is 37.6 Å². The summed E-state index contributed by atoms with van der Waals surface area (Å²) in [6.45, 7) is 13.5. The summed E-state index contributed by atoms with van der Waals surface area (Å²) in [6.07, 6.45) is 7.02. The molecule has 0 radical (unpaired) electrons. The first-order valence-electron chi connectivity index (χ1n) is 7.42. The first kappa shape index (κ1) is 13.4. The number of rotatable bonds is 2. The average molecular weight is 238 g/mol. The van der Waals surface area contributed by atoms with Crippen LogP contribution in [0.3, 0.4) is 0 Å². The van der Waals surface area contributed by atoms with Gasteiger partial charge in [-0.15, -0.1) is 0 Å². The highest BCUT2D eigenvalue weighted by atomic mass is 15.1. The number of hydrogen-bond donors (Lipinski definition) is 1. The molecule has 2 nitrogen and oxygen atoms in total. The Hall–Kier alpha value is -0.0800. The molecule has 1 atom stereocenters. The van der Waals surface area contributed by atoms with Crippen LogP contribution in [0.1, 0.15) is 52.9 Å². The second-order valence-electron chi connectivity index (χ2n) is 7.47. The molecule has 2 aliphatic heterocycles. The van der Waals surface area contributed by atoms with Crippen molar-refractivity contribution in [2.75, 3.05) is 32.7 Å². The van der Waals surface area contributed by atoms with Gasteiger partial charge in [0, 0.05) is 13.1 Å². The van der Waals surface area contributed by atoms with Gasteiger partial charge < -0.3 is 10.2 Å². The molecule has 2 saturated heterocycles. The minimum Gasteiger partial charge on any atom is -0.316 e. The zero-order valence-corrected chi connectivity index (χ0v) is 12.0. The van der Waals surface area contributed by atoms with E-state index in [1.54, 1.807) is 0 Å². The number of likely N-dealkylation sites (tertiary alicyclic amines) is 1. The van der Waals surface area contributed by atoms with E-state index in [4.69, 9.17) is 0 Å². The Morgan fingerprint density at radius 2 is 1.94 bits per heavy atom. The Kier molecular flexibility index (Phi) is 4.14. The van der Waals surface area contributed by atoms with Gasteiger partial charge in [0.15, 0.2) is 0 Å². The van der Waals surface area contributed by atoms with Crippen LogP contribution in [-0.2, 0) is 0 Å². The van der Waals surface area contributed by atoms with E-state index in [0.29, 0.717) is 10.8 Å². The van der Waals surface area contributed by atoms with E-state index in [2.05, 4.69) is 31.0 Å². The van der Waals surface area contributed by atoms with Gasteiger partial charge in [0.1, 0.15) is 0 Å². The Morgan fingerprint density at radius 3 is 2.59 bits per heavy atom. The summed E-state index contributed by atoms with van der Waals surface area (Å²) in [4.78, 5) is 2.72. The minimum absolute atomic E-state index is 0.482. The lowest BCUT2D eigenvalue weighted by atomic mass is 9.74. The van der Waals surface area contributed by atoms with E-state index in [1.807, 2.05) is 0 Å². The second kappa shape index (κ2) is 5.27. The van der Waals surface area contributed by atoms with Gasteiger partial charge in [-0.2, -0.15) is 0 Å². The minimum atomic E-state index is 0.482.